The molecule has 0 saturated heterocycles. The third-order valence-corrected chi connectivity index (χ3v) is 7.62. The summed E-state index contributed by atoms with van der Waals surface area (Å²) in [5.74, 6) is 0. The van der Waals surface area contributed by atoms with Crippen molar-refractivity contribution in [1.29, 1.82) is 0 Å². The van der Waals surface area contributed by atoms with Gasteiger partial charge in [0, 0.05) is 26.7 Å². The van der Waals surface area contributed by atoms with Crippen molar-refractivity contribution in [3.63, 3.8) is 0 Å². The number of anilines is 4. The van der Waals surface area contributed by atoms with Crippen LogP contribution in [0.25, 0.3) is 0 Å². The maximum atomic E-state index is 5.46. The fraction of sp³-hybridized carbons (Fsp3) is 0.111. The zero-order chi connectivity index (χ0) is 22.6. The van der Waals surface area contributed by atoms with E-state index in [9.17, 15) is 0 Å². The highest BCUT2D eigenvalue weighted by molar-refractivity contribution is 8.00. The molecule has 0 N–H and O–H groups in total. The van der Waals surface area contributed by atoms with Crippen molar-refractivity contribution in [2.75, 3.05) is 30.9 Å². The Morgan fingerprint density at radius 2 is 0.909 bits per heavy atom. The van der Waals surface area contributed by atoms with Crippen molar-refractivity contribution in [2.24, 2.45) is 0 Å². The highest BCUT2D eigenvalue weighted by atomic mass is 32.2. The predicted octanol–water partition coefficient (Wildman–Crippen LogP) is 7.74. The molecule has 4 aromatic rings. The minimum atomic E-state index is 0.578. The van der Waals surface area contributed by atoms with E-state index in [0.29, 0.717) is 6.73 Å². The van der Waals surface area contributed by atoms with Crippen molar-refractivity contribution in [2.45, 2.75) is 19.6 Å². The van der Waals surface area contributed by atoms with Gasteiger partial charge in [0.15, 0.2) is 0 Å². The van der Waals surface area contributed by atoms with E-state index in [1.165, 1.54) is 31.0 Å². The molecule has 166 valence electrons. The second kappa shape index (κ2) is 9.93. The standard InChI is InChI=1S/C14H13NOS.C13H11NOS/c1-16-10-15-11-6-2-4-8-13(11)17-14-9-5-3-7-12(14)15;1-15-14-10-6-2-4-8-12(10)16-13-9-5-3-7-11(13)14/h2-9H,10H2,1H3;2-9H,1H3. The minimum absolute atomic E-state index is 0.578. The monoisotopic (exact) mass is 472 g/mol. The third kappa shape index (κ3) is 4.35. The van der Waals surface area contributed by atoms with Crippen LogP contribution in [-0.2, 0) is 9.57 Å². The van der Waals surface area contributed by atoms with Crippen molar-refractivity contribution in [1.82, 2.24) is 0 Å². The van der Waals surface area contributed by atoms with E-state index in [4.69, 9.17) is 9.57 Å². The van der Waals surface area contributed by atoms with Crippen molar-refractivity contribution < 1.29 is 9.57 Å². The zero-order valence-electron chi connectivity index (χ0n) is 18.5. The summed E-state index contributed by atoms with van der Waals surface area (Å²) in [5.41, 5.74) is 4.65. The number of nitrogens with zero attached hydrogens (tertiary/aromatic N) is 2. The molecular formula is C27H24N2O2S2. The number of fused-ring (bicyclic) bond motifs is 4. The molecule has 0 radical (unpaired) electrons. The van der Waals surface area contributed by atoms with Crippen LogP contribution in [0.3, 0.4) is 0 Å². The van der Waals surface area contributed by atoms with Gasteiger partial charge in [-0.3, -0.25) is 4.84 Å². The summed E-state index contributed by atoms with van der Waals surface area (Å²) in [5, 5.41) is 1.88. The van der Waals surface area contributed by atoms with E-state index in [1.54, 1.807) is 26.0 Å². The van der Waals surface area contributed by atoms with Gasteiger partial charge in [0.25, 0.3) is 0 Å². The maximum Gasteiger partial charge on any atom is 0.123 e. The van der Waals surface area contributed by atoms with Gasteiger partial charge < -0.3 is 9.64 Å². The van der Waals surface area contributed by atoms with Gasteiger partial charge in [-0.25, -0.2) is 5.06 Å². The van der Waals surface area contributed by atoms with Crippen molar-refractivity contribution in [3.05, 3.63) is 97.1 Å². The molecule has 0 aliphatic carbocycles. The SMILES string of the molecule is COCN1c2ccccc2Sc2ccccc21.CON1c2ccccc2Sc2ccccc21. The molecule has 0 aromatic heterocycles. The Hall–Kier alpha value is -2.90. The molecule has 2 heterocycles. The molecule has 4 aromatic carbocycles. The molecule has 6 rings (SSSR count). The number of methoxy groups -OCH3 is 1. The lowest BCUT2D eigenvalue weighted by atomic mass is 10.2. The zero-order valence-corrected chi connectivity index (χ0v) is 20.1. The maximum absolute atomic E-state index is 5.46. The summed E-state index contributed by atoms with van der Waals surface area (Å²) in [6.45, 7) is 0.578. The smallest absolute Gasteiger partial charge is 0.123 e. The average molecular weight is 473 g/mol. The van der Waals surface area contributed by atoms with Crippen LogP contribution in [0.4, 0.5) is 22.7 Å². The van der Waals surface area contributed by atoms with Gasteiger partial charge in [0.05, 0.1) is 29.9 Å². The highest BCUT2D eigenvalue weighted by Crippen LogP contribution is 2.48. The van der Waals surface area contributed by atoms with Gasteiger partial charge in [-0.05, 0) is 48.5 Å². The molecule has 0 spiro atoms. The molecule has 2 aliphatic heterocycles. The lowest BCUT2D eigenvalue weighted by Gasteiger charge is -2.31. The first-order valence-electron chi connectivity index (χ1n) is 10.6. The van der Waals surface area contributed by atoms with Crippen LogP contribution >= 0.6 is 23.5 Å². The van der Waals surface area contributed by atoms with Gasteiger partial charge in [-0.1, -0.05) is 72.1 Å². The number of benzene rings is 4. The lowest BCUT2D eigenvalue weighted by molar-refractivity contribution is 0.198. The molecule has 0 bridgehead atoms. The van der Waals surface area contributed by atoms with E-state index in [-0.39, 0.29) is 0 Å². The summed E-state index contributed by atoms with van der Waals surface area (Å²) < 4.78 is 5.31. The minimum Gasteiger partial charge on any atom is -0.364 e. The molecule has 0 saturated carbocycles. The normalized spacial score (nSPS) is 13.2. The Morgan fingerprint density at radius 1 is 0.545 bits per heavy atom. The van der Waals surface area contributed by atoms with Crippen LogP contribution in [0.1, 0.15) is 0 Å². The largest absolute Gasteiger partial charge is 0.364 e. The highest BCUT2D eigenvalue weighted by Gasteiger charge is 2.23. The summed E-state index contributed by atoms with van der Waals surface area (Å²) in [4.78, 5) is 12.7. The predicted molar refractivity (Wildman–Crippen MR) is 137 cm³/mol. The second-order valence-corrected chi connectivity index (χ2v) is 9.57. The van der Waals surface area contributed by atoms with Gasteiger partial charge in [0.1, 0.15) is 6.73 Å². The number of para-hydroxylation sites is 4. The van der Waals surface area contributed by atoms with Gasteiger partial charge in [-0.2, -0.15) is 0 Å². The van der Waals surface area contributed by atoms with E-state index >= 15 is 0 Å². The number of hydrogen-bond acceptors (Lipinski definition) is 6. The number of hydrogen-bond donors (Lipinski definition) is 0. The van der Waals surface area contributed by atoms with Gasteiger partial charge in [-0.15, -0.1) is 0 Å². The average Bonchev–Trinajstić information content (AvgIpc) is 2.87. The molecule has 0 atom stereocenters. The summed E-state index contributed by atoms with van der Waals surface area (Å²) in [7, 11) is 3.43. The topological polar surface area (TPSA) is 24.9 Å². The first-order chi connectivity index (χ1) is 16.3. The number of ether oxygens (including phenoxy) is 1. The van der Waals surface area contributed by atoms with Crippen LogP contribution in [0, 0.1) is 0 Å². The third-order valence-electron chi connectivity index (χ3n) is 5.36. The van der Waals surface area contributed by atoms with Gasteiger partial charge in [0.2, 0.25) is 0 Å². The van der Waals surface area contributed by atoms with E-state index in [1.807, 2.05) is 41.1 Å². The van der Waals surface area contributed by atoms with Crippen LogP contribution in [0.5, 0.6) is 0 Å². The Kier molecular flexibility index (Phi) is 6.60. The Labute approximate surface area is 203 Å². The summed E-state index contributed by atoms with van der Waals surface area (Å²) >= 11 is 3.59. The van der Waals surface area contributed by atoms with Crippen molar-refractivity contribution in [3.8, 4) is 0 Å². The first kappa shape index (κ1) is 21.9. The Morgan fingerprint density at radius 3 is 1.30 bits per heavy atom. The van der Waals surface area contributed by atoms with Crippen LogP contribution < -0.4 is 9.96 Å². The molecule has 0 fully saturated rings. The number of rotatable bonds is 3. The first-order valence-corrected chi connectivity index (χ1v) is 12.3. The second-order valence-electron chi connectivity index (χ2n) is 7.40. The summed E-state index contributed by atoms with van der Waals surface area (Å²) in [6, 6.07) is 33.4. The lowest BCUT2D eigenvalue weighted by Crippen LogP contribution is -2.22. The summed E-state index contributed by atoms with van der Waals surface area (Å²) in [6.07, 6.45) is 0. The van der Waals surface area contributed by atoms with Gasteiger partial charge >= 0.3 is 0 Å². The van der Waals surface area contributed by atoms with E-state index < -0.39 is 0 Å². The van der Waals surface area contributed by atoms with Crippen molar-refractivity contribution >= 4 is 46.3 Å². The van der Waals surface area contributed by atoms with Crippen LogP contribution in [0.15, 0.2) is 117 Å². The van der Waals surface area contributed by atoms with E-state index in [2.05, 4.69) is 77.7 Å². The van der Waals surface area contributed by atoms with Crippen LogP contribution in [0.2, 0.25) is 0 Å². The quantitative estimate of drug-likeness (QED) is 0.302. The Balaban J connectivity index is 0.000000139. The van der Waals surface area contributed by atoms with Crippen LogP contribution in [-0.4, -0.2) is 21.0 Å². The fourth-order valence-corrected chi connectivity index (χ4v) is 6.05. The van der Waals surface area contributed by atoms with E-state index in [0.717, 1.165) is 11.4 Å². The molecule has 6 heteroatoms. The molecule has 0 amide bonds. The molecule has 4 nitrogen and oxygen atoms in total. The molecular weight excluding hydrogens is 448 g/mol. The fourth-order valence-electron chi connectivity index (χ4n) is 3.92. The molecule has 2 aliphatic rings. The Bertz CT molecular complexity index is 1170. The molecule has 0 unspecified atom stereocenters. The molecule has 33 heavy (non-hydrogen) atoms.